The van der Waals surface area contributed by atoms with Crippen molar-refractivity contribution in [3.63, 3.8) is 0 Å². The van der Waals surface area contributed by atoms with Gasteiger partial charge in [-0.3, -0.25) is 0 Å². The molecule has 98 valence electrons. The van der Waals surface area contributed by atoms with Crippen LogP contribution in [-0.4, -0.2) is 66.4 Å². The van der Waals surface area contributed by atoms with Crippen LogP contribution >= 0.6 is 11.8 Å². The Balaban J connectivity index is 2.09. The molecule has 0 aromatic rings. The third-order valence-electron chi connectivity index (χ3n) is 2.52. The summed E-state index contributed by atoms with van der Waals surface area (Å²) in [6.45, 7) is 0.215. The van der Waals surface area contributed by atoms with Crippen molar-refractivity contribution >= 4 is 23.8 Å². The lowest BCUT2D eigenvalue weighted by atomic mass is 10.2. The molecule has 6 nitrogen and oxygen atoms in total. The number of carboxylic acids is 1. The van der Waals surface area contributed by atoms with Gasteiger partial charge < -0.3 is 20.1 Å². The van der Waals surface area contributed by atoms with E-state index in [9.17, 15) is 9.59 Å². The molecule has 0 bridgehead atoms. The van der Waals surface area contributed by atoms with Gasteiger partial charge in [0.05, 0.1) is 6.61 Å². The molecule has 0 spiro atoms. The van der Waals surface area contributed by atoms with Crippen molar-refractivity contribution in [3.8, 4) is 0 Å². The Morgan fingerprint density at radius 2 is 2.35 bits per heavy atom. The Morgan fingerprint density at radius 3 is 2.94 bits per heavy atom. The van der Waals surface area contributed by atoms with Gasteiger partial charge in [0.15, 0.2) is 0 Å². The summed E-state index contributed by atoms with van der Waals surface area (Å²) >= 11 is 1.85. The summed E-state index contributed by atoms with van der Waals surface area (Å²) in [5.41, 5.74) is 0. The molecule has 1 aliphatic rings. The minimum atomic E-state index is -1.00. The fourth-order valence-electron chi connectivity index (χ4n) is 1.51. The van der Waals surface area contributed by atoms with E-state index in [-0.39, 0.29) is 19.2 Å². The first kappa shape index (κ1) is 14.1. The first-order valence-electron chi connectivity index (χ1n) is 5.49. The van der Waals surface area contributed by atoms with Crippen LogP contribution < -0.4 is 5.32 Å². The number of rotatable bonds is 6. The average molecular weight is 262 g/mol. The van der Waals surface area contributed by atoms with Crippen molar-refractivity contribution in [2.45, 2.75) is 12.5 Å². The molecule has 1 heterocycles. The minimum Gasteiger partial charge on any atom is -0.480 e. The highest BCUT2D eigenvalue weighted by atomic mass is 32.2. The van der Waals surface area contributed by atoms with Crippen molar-refractivity contribution in [2.75, 3.05) is 38.3 Å². The van der Waals surface area contributed by atoms with Crippen molar-refractivity contribution in [1.82, 2.24) is 10.2 Å². The second kappa shape index (κ2) is 7.39. The van der Waals surface area contributed by atoms with Gasteiger partial charge in [0.2, 0.25) is 0 Å². The molecule has 17 heavy (non-hydrogen) atoms. The number of hydrogen-bond donors (Lipinski definition) is 2. The van der Waals surface area contributed by atoms with Crippen LogP contribution in [0.3, 0.4) is 0 Å². The monoisotopic (exact) mass is 262 g/mol. The van der Waals surface area contributed by atoms with E-state index in [0.717, 1.165) is 17.9 Å². The molecular formula is C10H18N2O4S. The van der Waals surface area contributed by atoms with E-state index in [4.69, 9.17) is 9.84 Å². The number of nitrogens with one attached hydrogen (secondary N) is 1. The molecule has 0 radical (unpaired) electrons. The van der Waals surface area contributed by atoms with Gasteiger partial charge in [-0.2, -0.15) is 11.8 Å². The zero-order chi connectivity index (χ0) is 12.7. The number of amides is 2. The molecule has 0 aromatic carbocycles. The normalized spacial score (nSPS) is 19.0. The van der Waals surface area contributed by atoms with E-state index in [2.05, 4.69) is 5.32 Å². The number of hydrogen-bond acceptors (Lipinski definition) is 4. The Kier molecular flexibility index (Phi) is 6.13. The van der Waals surface area contributed by atoms with Crippen LogP contribution in [0.1, 0.15) is 6.42 Å². The van der Waals surface area contributed by atoms with Gasteiger partial charge in [-0.15, -0.1) is 0 Å². The Hall–Kier alpha value is -0.950. The Labute approximate surface area is 105 Å². The summed E-state index contributed by atoms with van der Waals surface area (Å²) in [6.07, 6.45) is 1.03. The second-order valence-electron chi connectivity index (χ2n) is 3.81. The molecule has 1 aliphatic heterocycles. The zero-order valence-corrected chi connectivity index (χ0v) is 10.7. The predicted molar refractivity (Wildman–Crippen MR) is 65.3 cm³/mol. The summed E-state index contributed by atoms with van der Waals surface area (Å²) in [5.74, 6) is 1.08. The van der Waals surface area contributed by atoms with Crippen LogP contribution in [0.2, 0.25) is 0 Å². The lowest BCUT2D eigenvalue weighted by Gasteiger charge is -2.23. The highest BCUT2D eigenvalue weighted by Gasteiger charge is 2.23. The largest absolute Gasteiger partial charge is 0.480 e. The maximum Gasteiger partial charge on any atom is 0.329 e. The molecule has 1 atom stereocenters. The SMILES string of the molecule is CN(C(=O)NCCOCC(=O)O)C1CCSC1. The zero-order valence-electron chi connectivity index (χ0n) is 9.85. The number of aliphatic carboxylic acids is 1. The molecule has 2 N–H and O–H groups in total. The Morgan fingerprint density at radius 1 is 1.59 bits per heavy atom. The number of carbonyl (C=O) groups excluding carboxylic acids is 1. The smallest absolute Gasteiger partial charge is 0.329 e. The van der Waals surface area contributed by atoms with Gasteiger partial charge in [-0.1, -0.05) is 0 Å². The van der Waals surface area contributed by atoms with Crippen LogP contribution in [-0.2, 0) is 9.53 Å². The molecule has 2 amide bonds. The lowest BCUT2D eigenvalue weighted by molar-refractivity contribution is -0.142. The third-order valence-corrected chi connectivity index (χ3v) is 3.67. The molecule has 1 rings (SSSR count). The first-order chi connectivity index (χ1) is 8.11. The summed E-state index contributed by atoms with van der Waals surface area (Å²) in [7, 11) is 1.78. The number of nitrogens with zero attached hydrogens (tertiary/aromatic N) is 1. The standard InChI is InChI=1S/C10H18N2O4S/c1-12(8-2-5-17-7-8)10(15)11-3-4-16-6-9(13)14/h8H,2-7H2,1H3,(H,11,15)(H,13,14). The van der Waals surface area contributed by atoms with Crippen molar-refractivity contribution in [1.29, 1.82) is 0 Å². The summed E-state index contributed by atoms with van der Waals surface area (Å²) in [5, 5.41) is 11.0. The van der Waals surface area contributed by atoms with Gasteiger partial charge >= 0.3 is 12.0 Å². The summed E-state index contributed by atoms with van der Waals surface area (Å²) < 4.78 is 4.81. The van der Waals surface area contributed by atoms with Crippen LogP contribution in [0.4, 0.5) is 4.79 Å². The number of thioether (sulfide) groups is 1. The van der Waals surface area contributed by atoms with E-state index in [0.29, 0.717) is 12.6 Å². The molecule has 0 aromatic heterocycles. The van der Waals surface area contributed by atoms with E-state index < -0.39 is 5.97 Å². The van der Waals surface area contributed by atoms with Gasteiger partial charge in [0.25, 0.3) is 0 Å². The minimum absolute atomic E-state index is 0.128. The van der Waals surface area contributed by atoms with Crippen molar-refractivity contribution < 1.29 is 19.4 Å². The fourth-order valence-corrected chi connectivity index (χ4v) is 2.78. The molecule has 1 saturated heterocycles. The summed E-state index contributed by atoms with van der Waals surface area (Å²) in [6, 6.07) is 0.177. The highest BCUT2D eigenvalue weighted by Crippen LogP contribution is 2.21. The van der Waals surface area contributed by atoms with E-state index in [1.165, 1.54) is 0 Å². The second-order valence-corrected chi connectivity index (χ2v) is 4.96. The van der Waals surface area contributed by atoms with Crippen LogP contribution in [0.15, 0.2) is 0 Å². The van der Waals surface area contributed by atoms with E-state index in [1.807, 2.05) is 11.8 Å². The highest BCUT2D eigenvalue weighted by molar-refractivity contribution is 7.99. The first-order valence-corrected chi connectivity index (χ1v) is 6.64. The van der Waals surface area contributed by atoms with Gasteiger partial charge in [-0.25, -0.2) is 9.59 Å². The maximum absolute atomic E-state index is 11.7. The van der Waals surface area contributed by atoms with Crippen LogP contribution in [0.25, 0.3) is 0 Å². The quantitative estimate of drug-likeness (QED) is 0.670. The number of urea groups is 1. The predicted octanol–water partition coefficient (Wildman–Crippen LogP) is 0.234. The van der Waals surface area contributed by atoms with Gasteiger partial charge in [0, 0.05) is 25.4 Å². The number of carbonyl (C=O) groups is 2. The fraction of sp³-hybridized carbons (Fsp3) is 0.800. The molecule has 0 saturated carbocycles. The number of carboxylic acid groups (broad SMARTS) is 1. The third kappa shape index (κ3) is 5.27. The molecule has 0 aliphatic carbocycles. The number of ether oxygens (including phenoxy) is 1. The molecule has 1 fully saturated rings. The van der Waals surface area contributed by atoms with Crippen LogP contribution in [0, 0.1) is 0 Å². The summed E-state index contributed by atoms with van der Waals surface area (Å²) in [4.78, 5) is 23.5. The van der Waals surface area contributed by atoms with Crippen molar-refractivity contribution in [2.24, 2.45) is 0 Å². The lowest BCUT2D eigenvalue weighted by Crippen LogP contribution is -2.44. The Bertz CT molecular complexity index is 269. The molecular weight excluding hydrogens is 244 g/mol. The van der Waals surface area contributed by atoms with E-state index in [1.54, 1.807) is 11.9 Å². The molecule has 1 unspecified atom stereocenters. The maximum atomic E-state index is 11.7. The average Bonchev–Trinajstić information content (AvgIpc) is 2.80. The van der Waals surface area contributed by atoms with Crippen LogP contribution in [0.5, 0.6) is 0 Å². The topological polar surface area (TPSA) is 78.9 Å². The molecule has 7 heteroatoms. The van der Waals surface area contributed by atoms with Crippen molar-refractivity contribution in [3.05, 3.63) is 0 Å². The van der Waals surface area contributed by atoms with Gasteiger partial charge in [0.1, 0.15) is 6.61 Å². The van der Waals surface area contributed by atoms with Gasteiger partial charge in [-0.05, 0) is 12.2 Å². The van der Waals surface area contributed by atoms with E-state index >= 15 is 0 Å².